The second-order valence-corrected chi connectivity index (χ2v) is 7.51. The normalized spacial score (nSPS) is 14.7. The number of nitrogens with zero attached hydrogens (tertiary/aromatic N) is 1. The number of carbonyl (C=O) groups excluding carboxylic acids is 1. The summed E-state index contributed by atoms with van der Waals surface area (Å²) in [5, 5.41) is 2.81. The Labute approximate surface area is 164 Å². The lowest BCUT2D eigenvalue weighted by Gasteiger charge is -2.38. The summed E-state index contributed by atoms with van der Waals surface area (Å²) in [6, 6.07) is 8.92. The zero-order chi connectivity index (χ0) is 19.6. The van der Waals surface area contributed by atoms with Gasteiger partial charge < -0.3 is 10.1 Å². The Kier molecular flexibility index (Phi) is 6.02. The van der Waals surface area contributed by atoms with Crippen LogP contribution >= 0.6 is 11.6 Å². The Morgan fingerprint density at radius 1 is 1.22 bits per heavy atom. The molecule has 1 heterocycles. The van der Waals surface area contributed by atoms with Gasteiger partial charge in [0.2, 0.25) is 5.91 Å². The van der Waals surface area contributed by atoms with Crippen molar-refractivity contribution in [1.29, 1.82) is 0 Å². The summed E-state index contributed by atoms with van der Waals surface area (Å²) in [4.78, 5) is 13.8. The first-order valence-electron chi connectivity index (χ1n) is 8.98. The van der Waals surface area contributed by atoms with Gasteiger partial charge in [-0.15, -0.1) is 0 Å². The Morgan fingerprint density at radius 2 is 1.89 bits per heavy atom. The Hall–Kier alpha value is -2.11. The molecule has 0 radical (unpaired) electrons. The molecule has 27 heavy (non-hydrogen) atoms. The van der Waals surface area contributed by atoms with Crippen molar-refractivity contribution in [3.05, 3.63) is 63.4 Å². The van der Waals surface area contributed by atoms with Gasteiger partial charge in [0.15, 0.2) is 0 Å². The van der Waals surface area contributed by atoms with Crippen molar-refractivity contribution < 1.29 is 13.9 Å². The summed E-state index contributed by atoms with van der Waals surface area (Å²) in [5.41, 5.74) is 4.02. The van der Waals surface area contributed by atoms with Gasteiger partial charge in [-0.3, -0.25) is 9.69 Å². The molecule has 0 spiro atoms. The van der Waals surface area contributed by atoms with Crippen LogP contribution in [-0.4, -0.2) is 30.9 Å². The molecular formula is C21H24ClFN2O2. The molecule has 0 atom stereocenters. The van der Waals surface area contributed by atoms with Crippen molar-refractivity contribution in [3.63, 3.8) is 0 Å². The molecule has 0 saturated carbocycles. The SMILES string of the molecule is CNC(=O)C1CN(Cc2cc(C)c(OCc3ccc(Cl)c(F)c3)c(C)c2)C1. The number of halogens is 2. The number of amides is 1. The van der Waals surface area contributed by atoms with Crippen molar-refractivity contribution in [3.8, 4) is 5.75 Å². The van der Waals surface area contributed by atoms with Gasteiger partial charge in [0.25, 0.3) is 0 Å². The van der Waals surface area contributed by atoms with Crippen LogP contribution in [0.5, 0.6) is 5.75 Å². The van der Waals surface area contributed by atoms with Crippen LogP contribution in [0.15, 0.2) is 30.3 Å². The van der Waals surface area contributed by atoms with Crippen molar-refractivity contribution in [2.75, 3.05) is 20.1 Å². The van der Waals surface area contributed by atoms with Gasteiger partial charge >= 0.3 is 0 Å². The summed E-state index contributed by atoms with van der Waals surface area (Å²) >= 11 is 5.72. The highest BCUT2D eigenvalue weighted by atomic mass is 35.5. The van der Waals surface area contributed by atoms with E-state index in [2.05, 4.69) is 22.3 Å². The van der Waals surface area contributed by atoms with E-state index < -0.39 is 5.82 Å². The highest BCUT2D eigenvalue weighted by Crippen LogP contribution is 2.28. The van der Waals surface area contributed by atoms with E-state index in [0.29, 0.717) is 0 Å². The van der Waals surface area contributed by atoms with Crippen molar-refractivity contribution in [1.82, 2.24) is 10.2 Å². The minimum absolute atomic E-state index is 0.0968. The van der Waals surface area contributed by atoms with E-state index >= 15 is 0 Å². The number of nitrogens with one attached hydrogen (secondary N) is 1. The topological polar surface area (TPSA) is 41.6 Å². The average Bonchev–Trinajstić information content (AvgIpc) is 2.59. The summed E-state index contributed by atoms with van der Waals surface area (Å²) in [6.45, 7) is 6.71. The second kappa shape index (κ2) is 8.28. The Bertz CT molecular complexity index is 827. The predicted octanol–water partition coefficient (Wildman–Crippen LogP) is 3.85. The summed E-state index contributed by atoms with van der Waals surface area (Å²) in [6.07, 6.45) is 0. The monoisotopic (exact) mass is 390 g/mol. The van der Waals surface area contributed by atoms with E-state index in [1.165, 1.54) is 17.7 Å². The van der Waals surface area contributed by atoms with Crippen molar-refractivity contribution >= 4 is 17.5 Å². The van der Waals surface area contributed by atoms with Gasteiger partial charge in [-0.2, -0.15) is 0 Å². The second-order valence-electron chi connectivity index (χ2n) is 7.10. The maximum atomic E-state index is 13.6. The third-order valence-electron chi connectivity index (χ3n) is 4.87. The van der Waals surface area contributed by atoms with Crippen LogP contribution in [0.4, 0.5) is 4.39 Å². The van der Waals surface area contributed by atoms with E-state index in [1.807, 2.05) is 13.8 Å². The molecule has 4 nitrogen and oxygen atoms in total. The highest BCUT2D eigenvalue weighted by Gasteiger charge is 2.31. The number of hydrogen-bond acceptors (Lipinski definition) is 3. The van der Waals surface area contributed by atoms with Crippen molar-refractivity contribution in [2.24, 2.45) is 5.92 Å². The van der Waals surface area contributed by atoms with Crippen LogP contribution < -0.4 is 10.1 Å². The van der Waals surface area contributed by atoms with Gasteiger partial charge in [-0.05, 0) is 48.2 Å². The van der Waals surface area contributed by atoms with Crippen LogP contribution in [-0.2, 0) is 17.9 Å². The predicted molar refractivity (Wildman–Crippen MR) is 104 cm³/mol. The van der Waals surface area contributed by atoms with Gasteiger partial charge in [0, 0.05) is 26.7 Å². The molecule has 0 bridgehead atoms. The molecule has 0 aliphatic carbocycles. The smallest absolute Gasteiger partial charge is 0.225 e. The minimum Gasteiger partial charge on any atom is -0.488 e. The van der Waals surface area contributed by atoms with E-state index in [1.54, 1.807) is 13.1 Å². The molecule has 1 aliphatic heterocycles. The summed E-state index contributed by atoms with van der Waals surface area (Å²) in [5.74, 6) is 0.590. The molecule has 1 N–H and O–H groups in total. The minimum atomic E-state index is -0.439. The van der Waals surface area contributed by atoms with Gasteiger partial charge in [-0.25, -0.2) is 4.39 Å². The lowest BCUT2D eigenvalue weighted by Crippen LogP contribution is -2.52. The first-order chi connectivity index (χ1) is 12.9. The largest absolute Gasteiger partial charge is 0.488 e. The average molecular weight is 391 g/mol. The fourth-order valence-corrected chi connectivity index (χ4v) is 3.59. The molecule has 0 unspecified atom stereocenters. The fraction of sp³-hybridized carbons (Fsp3) is 0.381. The number of likely N-dealkylation sites (tertiary alicyclic amines) is 1. The highest BCUT2D eigenvalue weighted by molar-refractivity contribution is 6.30. The van der Waals surface area contributed by atoms with E-state index in [9.17, 15) is 9.18 Å². The van der Waals surface area contributed by atoms with Crippen LogP contribution in [0.3, 0.4) is 0 Å². The first kappa shape index (κ1) is 19.6. The fourth-order valence-electron chi connectivity index (χ4n) is 3.47. The summed E-state index contributed by atoms with van der Waals surface area (Å²) in [7, 11) is 1.68. The van der Waals surface area contributed by atoms with Crippen LogP contribution in [0.1, 0.15) is 22.3 Å². The van der Waals surface area contributed by atoms with Gasteiger partial charge in [-0.1, -0.05) is 29.8 Å². The maximum absolute atomic E-state index is 13.6. The number of aryl methyl sites for hydroxylation is 2. The standard InChI is InChI=1S/C21H24ClFN2O2/c1-13-6-16(9-25-10-17(11-25)21(26)24-3)7-14(2)20(13)27-12-15-4-5-18(22)19(23)8-15/h4-8,17H,9-12H2,1-3H3,(H,24,26). The number of benzene rings is 2. The zero-order valence-corrected chi connectivity index (χ0v) is 16.6. The van der Waals surface area contributed by atoms with Crippen LogP contribution in [0.25, 0.3) is 0 Å². The lowest BCUT2D eigenvalue weighted by molar-refractivity contribution is -0.129. The number of rotatable bonds is 6. The van der Waals surface area contributed by atoms with Crippen molar-refractivity contribution in [2.45, 2.75) is 27.0 Å². The number of carbonyl (C=O) groups is 1. The molecule has 6 heteroatoms. The quantitative estimate of drug-likeness (QED) is 0.814. The molecule has 3 rings (SSSR count). The summed E-state index contributed by atoms with van der Waals surface area (Å²) < 4.78 is 19.5. The van der Waals surface area contributed by atoms with E-state index in [4.69, 9.17) is 16.3 Å². The Morgan fingerprint density at radius 3 is 2.48 bits per heavy atom. The van der Waals surface area contributed by atoms with Gasteiger partial charge in [0.1, 0.15) is 18.2 Å². The van der Waals surface area contributed by atoms with E-state index in [0.717, 1.165) is 42.1 Å². The molecule has 1 aliphatic rings. The lowest BCUT2D eigenvalue weighted by atomic mass is 9.97. The molecule has 0 aromatic heterocycles. The van der Waals surface area contributed by atoms with Gasteiger partial charge in [0.05, 0.1) is 10.9 Å². The molecule has 1 amide bonds. The van der Waals surface area contributed by atoms with Crippen LogP contribution in [0, 0.1) is 25.6 Å². The molecule has 1 fully saturated rings. The molecule has 2 aromatic rings. The third kappa shape index (κ3) is 4.60. The zero-order valence-electron chi connectivity index (χ0n) is 15.8. The first-order valence-corrected chi connectivity index (χ1v) is 9.36. The van der Waals surface area contributed by atoms with E-state index in [-0.39, 0.29) is 23.5 Å². The number of hydrogen-bond donors (Lipinski definition) is 1. The van der Waals surface area contributed by atoms with Crippen LogP contribution in [0.2, 0.25) is 5.02 Å². The maximum Gasteiger partial charge on any atom is 0.225 e. The number of ether oxygens (including phenoxy) is 1. The molecule has 144 valence electrons. The molecular weight excluding hydrogens is 367 g/mol. The molecule has 2 aromatic carbocycles. The molecule has 1 saturated heterocycles. The Balaban J connectivity index is 1.61. The third-order valence-corrected chi connectivity index (χ3v) is 5.17.